The summed E-state index contributed by atoms with van der Waals surface area (Å²) in [6, 6.07) is 0. The summed E-state index contributed by atoms with van der Waals surface area (Å²) in [5.41, 5.74) is 0. The van der Waals surface area contributed by atoms with Gasteiger partial charge in [0, 0.05) is 29.6 Å². The molecule has 14 heavy (non-hydrogen) atoms. The molecule has 0 amide bonds. The zero-order valence-corrected chi connectivity index (χ0v) is 11.3. The summed E-state index contributed by atoms with van der Waals surface area (Å²) in [7, 11) is 0. The number of carbonyl (C=O) groups is 3. The van der Waals surface area contributed by atoms with Crippen molar-refractivity contribution in [3.8, 4) is 0 Å². The second kappa shape index (κ2) is 7.15. The normalized spacial score (nSPS) is 9.57. The third-order valence-corrected chi connectivity index (χ3v) is 1.40. The van der Waals surface area contributed by atoms with Gasteiger partial charge in [0.15, 0.2) is 17.5 Å². The molecule has 0 rings (SSSR count). The van der Waals surface area contributed by atoms with E-state index in [1.165, 1.54) is 13.8 Å². The van der Waals surface area contributed by atoms with E-state index >= 15 is 0 Å². The Labute approximate surface area is 106 Å². The third-order valence-electron chi connectivity index (χ3n) is 1.40. The van der Waals surface area contributed by atoms with E-state index < -0.39 is 23.5 Å². The quantitative estimate of drug-likeness (QED) is 0.381. The summed E-state index contributed by atoms with van der Waals surface area (Å²) in [5.74, 6) is -2.95. The van der Waals surface area contributed by atoms with Gasteiger partial charge in [0.1, 0.15) is 0 Å². The molecule has 0 aromatic heterocycles. The minimum Gasteiger partial charge on any atom is -0.462 e. The Morgan fingerprint density at radius 1 is 1.00 bits per heavy atom. The first-order valence-corrected chi connectivity index (χ1v) is 4.07. The standard InChI is InChI=1S/C9H14O4.Na/c1-5(2)13-9(12)8(6(3)10)7(4)11;/h5,8H,1-4H3;. The van der Waals surface area contributed by atoms with Gasteiger partial charge in [-0.15, -0.1) is 0 Å². The Morgan fingerprint density at radius 3 is 1.57 bits per heavy atom. The molecule has 75 valence electrons. The molecule has 5 heteroatoms. The maximum Gasteiger partial charge on any atom is 0.324 e. The average molecular weight is 209 g/mol. The summed E-state index contributed by atoms with van der Waals surface area (Å²) >= 11 is 0. The molecular weight excluding hydrogens is 195 g/mol. The van der Waals surface area contributed by atoms with Crippen molar-refractivity contribution in [2.75, 3.05) is 0 Å². The average Bonchev–Trinajstić information content (AvgIpc) is 1.81. The molecule has 0 bridgehead atoms. The van der Waals surface area contributed by atoms with E-state index in [2.05, 4.69) is 0 Å². The van der Waals surface area contributed by atoms with Gasteiger partial charge in [-0.05, 0) is 27.7 Å². The Bertz CT molecular complexity index is 221. The van der Waals surface area contributed by atoms with E-state index in [4.69, 9.17) is 4.74 Å². The van der Waals surface area contributed by atoms with Crippen LogP contribution in [-0.4, -0.2) is 53.2 Å². The molecule has 1 radical (unpaired) electrons. The number of ether oxygens (including phenoxy) is 1. The molecule has 0 saturated heterocycles. The second-order valence-corrected chi connectivity index (χ2v) is 3.14. The second-order valence-electron chi connectivity index (χ2n) is 3.14. The Kier molecular flexibility index (Phi) is 8.30. The van der Waals surface area contributed by atoms with E-state index in [9.17, 15) is 14.4 Å². The maximum atomic E-state index is 11.2. The molecule has 0 unspecified atom stereocenters. The number of Topliss-reactive ketones (excluding diaryl/α,β-unsaturated/α-hetero) is 2. The van der Waals surface area contributed by atoms with E-state index in [-0.39, 0.29) is 35.7 Å². The van der Waals surface area contributed by atoms with Gasteiger partial charge in [0.25, 0.3) is 0 Å². The maximum absolute atomic E-state index is 11.2. The van der Waals surface area contributed by atoms with Crippen LogP contribution >= 0.6 is 0 Å². The molecular formula is C9H14NaO4. The van der Waals surface area contributed by atoms with Gasteiger partial charge in [0.2, 0.25) is 0 Å². The summed E-state index contributed by atoms with van der Waals surface area (Å²) in [4.78, 5) is 32.9. The van der Waals surface area contributed by atoms with Gasteiger partial charge in [-0.1, -0.05) is 0 Å². The van der Waals surface area contributed by atoms with Crippen LogP contribution in [0.3, 0.4) is 0 Å². The van der Waals surface area contributed by atoms with Crippen molar-refractivity contribution >= 4 is 47.1 Å². The summed E-state index contributed by atoms with van der Waals surface area (Å²) < 4.78 is 4.75. The fraction of sp³-hybridized carbons (Fsp3) is 0.667. The van der Waals surface area contributed by atoms with Crippen molar-refractivity contribution < 1.29 is 19.1 Å². The van der Waals surface area contributed by atoms with Crippen LogP contribution in [-0.2, 0) is 19.1 Å². The SMILES string of the molecule is CC(=O)C(C(C)=O)C(=O)OC(C)C.[Na]. The molecule has 0 atom stereocenters. The third kappa shape index (κ3) is 5.52. The predicted octanol–water partition coefficient (Wildman–Crippen LogP) is 0.351. The van der Waals surface area contributed by atoms with Crippen molar-refractivity contribution in [3.05, 3.63) is 0 Å². The van der Waals surface area contributed by atoms with Gasteiger partial charge < -0.3 is 4.74 Å². The molecule has 0 saturated carbocycles. The van der Waals surface area contributed by atoms with Gasteiger partial charge in [-0.25, -0.2) is 0 Å². The molecule has 0 aromatic rings. The first-order chi connectivity index (χ1) is 5.86. The Hall–Kier alpha value is -0.190. The van der Waals surface area contributed by atoms with Gasteiger partial charge in [-0.2, -0.15) is 0 Å². The van der Waals surface area contributed by atoms with Gasteiger partial charge in [-0.3, -0.25) is 14.4 Å². The van der Waals surface area contributed by atoms with Crippen LogP contribution in [0.15, 0.2) is 0 Å². The van der Waals surface area contributed by atoms with Crippen molar-refractivity contribution in [2.24, 2.45) is 5.92 Å². The zero-order valence-electron chi connectivity index (χ0n) is 9.29. The minimum atomic E-state index is -1.25. The first-order valence-electron chi connectivity index (χ1n) is 4.07. The molecule has 0 spiro atoms. The number of rotatable bonds is 4. The van der Waals surface area contributed by atoms with Crippen molar-refractivity contribution in [1.82, 2.24) is 0 Å². The largest absolute Gasteiger partial charge is 0.462 e. The van der Waals surface area contributed by atoms with Crippen LogP contribution < -0.4 is 0 Å². The first kappa shape index (κ1) is 16.2. The zero-order chi connectivity index (χ0) is 10.6. The number of hydrogen-bond acceptors (Lipinski definition) is 4. The molecule has 0 aromatic carbocycles. The Balaban J connectivity index is 0. The molecule has 0 aliphatic heterocycles. The van der Waals surface area contributed by atoms with Gasteiger partial charge >= 0.3 is 5.97 Å². The smallest absolute Gasteiger partial charge is 0.324 e. The molecule has 4 nitrogen and oxygen atoms in total. The van der Waals surface area contributed by atoms with Gasteiger partial charge in [0.05, 0.1) is 6.10 Å². The van der Waals surface area contributed by atoms with Crippen LogP contribution in [0.1, 0.15) is 27.7 Å². The summed E-state index contributed by atoms with van der Waals surface area (Å²) in [5, 5.41) is 0. The number of esters is 1. The summed E-state index contributed by atoms with van der Waals surface area (Å²) in [6.07, 6.45) is -0.311. The fourth-order valence-electron chi connectivity index (χ4n) is 0.919. The molecule has 0 fully saturated rings. The van der Waals surface area contributed by atoms with Crippen LogP contribution in [0.2, 0.25) is 0 Å². The van der Waals surface area contributed by atoms with E-state index in [1.807, 2.05) is 0 Å². The van der Waals surface area contributed by atoms with Crippen molar-refractivity contribution in [3.63, 3.8) is 0 Å². The molecule has 0 aliphatic rings. The molecule has 0 N–H and O–H groups in total. The number of carbonyl (C=O) groups excluding carboxylic acids is 3. The monoisotopic (exact) mass is 209 g/mol. The van der Waals surface area contributed by atoms with E-state index in [0.717, 1.165) is 0 Å². The summed E-state index contributed by atoms with van der Waals surface area (Å²) in [6.45, 7) is 5.73. The van der Waals surface area contributed by atoms with E-state index in [1.54, 1.807) is 13.8 Å². The van der Waals surface area contributed by atoms with Crippen LogP contribution in [0, 0.1) is 5.92 Å². The van der Waals surface area contributed by atoms with Crippen molar-refractivity contribution in [2.45, 2.75) is 33.8 Å². The number of ketones is 2. The van der Waals surface area contributed by atoms with Crippen LogP contribution in [0.4, 0.5) is 0 Å². The molecule has 0 aliphatic carbocycles. The Morgan fingerprint density at radius 2 is 1.36 bits per heavy atom. The fourth-order valence-corrected chi connectivity index (χ4v) is 0.919. The molecule has 0 heterocycles. The number of hydrogen-bond donors (Lipinski definition) is 0. The predicted molar refractivity (Wildman–Crippen MR) is 51.8 cm³/mol. The topological polar surface area (TPSA) is 60.4 Å². The minimum absolute atomic E-state index is 0. The van der Waals surface area contributed by atoms with Crippen LogP contribution in [0.5, 0.6) is 0 Å². The van der Waals surface area contributed by atoms with E-state index in [0.29, 0.717) is 0 Å². The van der Waals surface area contributed by atoms with Crippen LogP contribution in [0.25, 0.3) is 0 Å². The van der Waals surface area contributed by atoms with Crippen molar-refractivity contribution in [1.29, 1.82) is 0 Å².